The van der Waals surface area contributed by atoms with Crippen LogP contribution in [0.4, 0.5) is 17.6 Å². The van der Waals surface area contributed by atoms with Gasteiger partial charge in [0.2, 0.25) is 0 Å². The van der Waals surface area contributed by atoms with Gasteiger partial charge in [0.05, 0.1) is 31.6 Å². The van der Waals surface area contributed by atoms with Gasteiger partial charge >= 0.3 is 6.18 Å². The number of benzene rings is 2. The van der Waals surface area contributed by atoms with E-state index < -0.39 is 11.7 Å². The van der Waals surface area contributed by atoms with Gasteiger partial charge in [-0.25, -0.2) is 19.6 Å². The van der Waals surface area contributed by atoms with Gasteiger partial charge in [0, 0.05) is 52.5 Å². The number of halogens is 4. The first-order chi connectivity index (χ1) is 22.2. The van der Waals surface area contributed by atoms with E-state index in [1.165, 1.54) is 62.5 Å². The van der Waals surface area contributed by atoms with Crippen molar-refractivity contribution in [3.05, 3.63) is 101 Å². The molecule has 2 aromatic rings. The molecule has 0 spiro atoms. The molecule has 2 aromatic carbocycles. The van der Waals surface area contributed by atoms with Crippen molar-refractivity contribution in [2.24, 2.45) is 5.41 Å². The van der Waals surface area contributed by atoms with E-state index in [2.05, 4.69) is 52.0 Å². The van der Waals surface area contributed by atoms with Crippen molar-refractivity contribution in [2.75, 3.05) is 34.4 Å². The Bertz CT molecular complexity index is 1260. The van der Waals surface area contributed by atoms with Crippen LogP contribution in [0.1, 0.15) is 73.4 Å². The third kappa shape index (κ3) is 15.2. The number of aryl methyl sites for hydroxylation is 1. The molecule has 1 saturated heterocycles. The smallest absolute Gasteiger partial charge is 0.367 e. The molecule has 0 bridgehead atoms. The van der Waals surface area contributed by atoms with Crippen LogP contribution in [0, 0.1) is 11.2 Å². The van der Waals surface area contributed by atoms with E-state index in [0.29, 0.717) is 13.1 Å². The molecule has 47 heavy (non-hydrogen) atoms. The second kappa shape index (κ2) is 20.4. The van der Waals surface area contributed by atoms with Crippen LogP contribution in [-0.4, -0.2) is 56.2 Å². The summed E-state index contributed by atoms with van der Waals surface area (Å²) in [7, 11) is 4.86. The Kier molecular flexibility index (Phi) is 18.2. The first kappa shape index (κ1) is 42.0. The summed E-state index contributed by atoms with van der Waals surface area (Å²) in [5.74, 6) is -0.160. The Morgan fingerprint density at radius 1 is 1.06 bits per heavy atom. The molecule has 4 N–H and O–H groups in total. The normalized spacial score (nSPS) is 18.0. The second-order valence-electron chi connectivity index (χ2n) is 11.9. The maximum absolute atomic E-state index is 12.6. The minimum atomic E-state index is -4.28. The highest BCUT2D eigenvalue weighted by Crippen LogP contribution is 2.45. The van der Waals surface area contributed by atoms with Crippen molar-refractivity contribution in [3.63, 3.8) is 0 Å². The van der Waals surface area contributed by atoms with Gasteiger partial charge in [-0.1, -0.05) is 56.8 Å². The standard InChI is InChI=1S/C18H22F3N3.C8H9F.C6H11NO.C2H6O2.C2H6.2H2/c1-17(2)11-22-16(23-17)13-8-15(9-13)24(3)10-12-4-6-14(7-5-12)18(19,20)21;1-2-7-3-5-8(9)6-4-7;1-2-6(3-4-6)5-7-8;1-3-4-2;1-2;;/h4-7,16,22-23H,8,10-11H2,1-3H3;3-6H,2H2,1H3;2,7-8H,1,3-5H2;1-2H3;1-2H3;2*1H. The number of hydroxylamine groups is 1. The molecule has 3 aliphatic rings. The zero-order chi connectivity index (χ0) is 35.7. The van der Waals surface area contributed by atoms with Crippen molar-refractivity contribution >= 4 is 0 Å². The fraction of sp³-hybridized carbons (Fsp3) is 0.528. The van der Waals surface area contributed by atoms with Crippen molar-refractivity contribution < 1.29 is 35.4 Å². The highest BCUT2D eigenvalue weighted by molar-refractivity contribution is 5.31. The molecule has 2 fully saturated rings. The minimum absolute atomic E-state index is 0. The fourth-order valence-electron chi connectivity index (χ4n) is 4.47. The van der Waals surface area contributed by atoms with Gasteiger partial charge in [-0.2, -0.15) is 13.2 Å². The first-order valence-electron chi connectivity index (χ1n) is 15.9. The highest BCUT2D eigenvalue weighted by Gasteiger charge is 2.38. The molecule has 1 aliphatic heterocycles. The third-order valence-corrected chi connectivity index (χ3v) is 7.70. The van der Waals surface area contributed by atoms with Crippen molar-refractivity contribution in [2.45, 2.75) is 84.7 Å². The number of nitrogens with one attached hydrogen (secondary N) is 3. The summed E-state index contributed by atoms with van der Waals surface area (Å²) in [5, 5.41) is 15.2. The molecule has 1 atom stereocenters. The zero-order valence-corrected chi connectivity index (χ0v) is 29.2. The van der Waals surface area contributed by atoms with Crippen molar-refractivity contribution in [1.82, 2.24) is 21.0 Å². The lowest BCUT2D eigenvalue weighted by Gasteiger charge is -2.29. The molecule has 0 amide bonds. The molecule has 268 valence electrons. The Morgan fingerprint density at radius 2 is 1.60 bits per heavy atom. The summed E-state index contributed by atoms with van der Waals surface area (Å²) in [5.41, 5.74) is 9.55. The van der Waals surface area contributed by atoms with Gasteiger partial charge in [0.15, 0.2) is 0 Å². The number of hydrogen-bond donors (Lipinski definition) is 4. The Hall–Kier alpha value is -3.02. The summed E-state index contributed by atoms with van der Waals surface area (Å²) in [4.78, 5) is 10.1. The lowest BCUT2D eigenvalue weighted by molar-refractivity contribution is -0.248. The van der Waals surface area contributed by atoms with E-state index in [1.54, 1.807) is 12.1 Å². The summed E-state index contributed by atoms with van der Waals surface area (Å²) in [6.45, 7) is 16.2. The van der Waals surface area contributed by atoms with Crippen molar-refractivity contribution in [1.29, 1.82) is 0 Å². The summed E-state index contributed by atoms with van der Waals surface area (Å²) >= 11 is 0. The molecule has 2 aliphatic carbocycles. The maximum atomic E-state index is 12.6. The molecular weight excluding hydrogens is 612 g/mol. The SMILES string of the molecule is C=CC1(CNO)CC1.CC.CCc1ccc(F)cc1.CN(Cc1ccc(C(F)(F)F)cc1)C1=C=C(C2NCC(C)(C)N2)C1.COOC.[HH].[HH]. The van der Waals surface area contributed by atoms with Crippen LogP contribution in [0.2, 0.25) is 0 Å². The molecule has 1 unspecified atom stereocenters. The van der Waals surface area contributed by atoms with Crippen molar-refractivity contribution in [3.8, 4) is 0 Å². The van der Waals surface area contributed by atoms with Gasteiger partial charge in [-0.05, 0) is 68.5 Å². The van der Waals surface area contributed by atoms with E-state index in [1.807, 2.05) is 38.8 Å². The quantitative estimate of drug-likeness (QED) is 0.0704. The Labute approximate surface area is 281 Å². The second-order valence-corrected chi connectivity index (χ2v) is 11.9. The zero-order valence-electron chi connectivity index (χ0n) is 29.2. The number of alkyl halides is 3. The van der Waals surface area contributed by atoms with Crippen LogP contribution in [0.5, 0.6) is 0 Å². The van der Waals surface area contributed by atoms with Gasteiger partial charge in [-0.15, -0.1) is 6.58 Å². The minimum Gasteiger partial charge on any atom is -0.367 e. The average Bonchev–Trinajstić information content (AvgIpc) is 3.72. The van der Waals surface area contributed by atoms with Gasteiger partial charge in [-0.3, -0.25) is 10.6 Å². The lowest BCUT2D eigenvalue weighted by Crippen LogP contribution is -2.41. The molecule has 7 nitrogen and oxygen atoms in total. The fourth-order valence-corrected chi connectivity index (χ4v) is 4.47. The van der Waals surface area contributed by atoms with E-state index in [4.69, 9.17) is 5.21 Å². The van der Waals surface area contributed by atoms with Crippen LogP contribution in [0.3, 0.4) is 0 Å². The predicted molar refractivity (Wildman–Crippen MR) is 184 cm³/mol. The molecule has 1 saturated carbocycles. The van der Waals surface area contributed by atoms with Gasteiger partial charge in [0.1, 0.15) is 5.82 Å². The number of rotatable bonds is 9. The maximum Gasteiger partial charge on any atom is 0.416 e. The van der Waals surface area contributed by atoms with E-state index in [0.717, 1.165) is 42.8 Å². The Balaban J connectivity index is 0. The van der Waals surface area contributed by atoms with Crippen LogP contribution in [-0.2, 0) is 28.9 Å². The van der Waals surface area contributed by atoms with Crippen LogP contribution in [0.15, 0.2) is 78.2 Å². The highest BCUT2D eigenvalue weighted by atomic mass is 19.4. The topological polar surface area (TPSA) is 78.0 Å². The van der Waals surface area contributed by atoms with Gasteiger partial charge in [0.25, 0.3) is 0 Å². The van der Waals surface area contributed by atoms with Crippen LogP contribution >= 0.6 is 0 Å². The van der Waals surface area contributed by atoms with Crippen LogP contribution in [0.25, 0.3) is 0 Å². The third-order valence-electron chi connectivity index (χ3n) is 7.70. The van der Waals surface area contributed by atoms with E-state index in [9.17, 15) is 17.6 Å². The Morgan fingerprint density at radius 3 is 1.96 bits per heavy atom. The summed E-state index contributed by atoms with van der Waals surface area (Å²) in [6, 6.07) is 11.9. The summed E-state index contributed by atoms with van der Waals surface area (Å²) < 4.78 is 50.0. The van der Waals surface area contributed by atoms with E-state index in [-0.39, 0.29) is 25.8 Å². The number of nitrogens with zero attached hydrogens (tertiary/aromatic N) is 1. The molecule has 0 radical (unpaired) electrons. The molecule has 1 heterocycles. The molecule has 11 heteroatoms. The number of hydrogen-bond acceptors (Lipinski definition) is 7. The molecule has 5 rings (SSSR count). The summed E-state index contributed by atoms with van der Waals surface area (Å²) in [6.07, 6.45) is 1.96. The monoisotopic (exact) mass is 670 g/mol. The largest absolute Gasteiger partial charge is 0.416 e. The average molecular weight is 671 g/mol. The molecule has 0 aromatic heterocycles. The predicted octanol–water partition coefficient (Wildman–Crippen LogP) is 8.28. The first-order valence-corrected chi connectivity index (χ1v) is 15.9. The van der Waals surface area contributed by atoms with Crippen LogP contribution < -0.4 is 16.1 Å². The van der Waals surface area contributed by atoms with Gasteiger partial charge < -0.3 is 10.1 Å². The van der Waals surface area contributed by atoms with E-state index >= 15 is 0 Å². The molecular formula is C36H58F4N4O3. The lowest BCUT2D eigenvalue weighted by atomic mass is 9.98.